The van der Waals surface area contributed by atoms with Gasteiger partial charge in [-0.15, -0.1) is 0 Å². The molecular formula is C27H33F3N6O2. The third kappa shape index (κ3) is 7.77. The van der Waals surface area contributed by atoms with E-state index in [4.69, 9.17) is 9.47 Å². The Kier molecular flexibility index (Phi) is 8.65. The first-order chi connectivity index (χ1) is 18.1. The number of benzene rings is 1. The molecule has 4 rings (SSSR count). The molecule has 38 heavy (non-hydrogen) atoms. The molecule has 0 N–H and O–H groups in total. The molecule has 1 aromatic carbocycles. The molecule has 204 valence electrons. The van der Waals surface area contributed by atoms with E-state index in [1.165, 1.54) is 0 Å². The molecule has 0 spiro atoms. The standard InChI is InChI=1S/C27H33F3N6O2/c1-26(2,3)24-32-21(27(28,29)30)18-22(33-24)36-15-13-35(14-16-36)12-7-17-37-25-31-11-10-23(34-25)38-19-20-8-5-4-6-9-20/h4-6,8-11,18H,7,12-17,19H2,1-3H3. The van der Waals surface area contributed by atoms with Gasteiger partial charge in [0.05, 0.1) is 6.61 Å². The van der Waals surface area contributed by atoms with Crippen LogP contribution >= 0.6 is 0 Å². The van der Waals surface area contributed by atoms with Gasteiger partial charge in [0.1, 0.15) is 23.9 Å². The number of halogens is 3. The van der Waals surface area contributed by atoms with Crippen molar-refractivity contribution in [1.82, 2.24) is 24.8 Å². The first-order valence-corrected chi connectivity index (χ1v) is 12.6. The maximum atomic E-state index is 13.4. The van der Waals surface area contributed by atoms with Gasteiger partial charge in [0.2, 0.25) is 5.88 Å². The van der Waals surface area contributed by atoms with E-state index in [0.717, 1.165) is 37.7 Å². The number of hydrogen-bond donors (Lipinski definition) is 0. The Hall–Kier alpha value is -3.47. The quantitative estimate of drug-likeness (QED) is 0.367. The lowest BCUT2D eigenvalue weighted by Gasteiger charge is -2.36. The second kappa shape index (κ2) is 11.9. The van der Waals surface area contributed by atoms with Crippen LogP contribution in [0.4, 0.5) is 19.0 Å². The van der Waals surface area contributed by atoms with E-state index < -0.39 is 17.3 Å². The number of aromatic nitrogens is 4. The number of piperazine rings is 1. The van der Waals surface area contributed by atoms with Crippen LogP contribution in [0.5, 0.6) is 11.9 Å². The van der Waals surface area contributed by atoms with Crippen LogP contribution in [0.1, 0.15) is 44.3 Å². The van der Waals surface area contributed by atoms with E-state index in [9.17, 15) is 13.2 Å². The van der Waals surface area contributed by atoms with Crippen molar-refractivity contribution >= 4 is 5.82 Å². The summed E-state index contributed by atoms with van der Waals surface area (Å²) in [6, 6.07) is 12.8. The summed E-state index contributed by atoms with van der Waals surface area (Å²) in [5, 5.41) is 0. The zero-order chi connectivity index (χ0) is 27.2. The molecule has 11 heteroatoms. The van der Waals surface area contributed by atoms with Gasteiger partial charge in [0, 0.05) is 56.5 Å². The van der Waals surface area contributed by atoms with Crippen LogP contribution in [-0.4, -0.2) is 64.2 Å². The van der Waals surface area contributed by atoms with E-state index in [1.54, 1.807) is 12.3 Å². The molecule has 3 aromatic rings. The molecule has 1 aliphatic heterocycles. The normalized spacial score (nSPS) is 14.9. The minimum absolute atomic E-state index is 0.193. The van der Waals surface area contributed by atoms with E-state index in [0.29, 0.717) is 38.0 Å². The van der Waals surface area contributed by atoms with E-state index in [1.807, 2.05) is 56.0 Å². The van der Waals surface area contributed by atoms with Gasteiger partial charge in [-0.1, -0.05) is 51.1 Å². The Morgan fingerprint density at radius 3 is 2.32 bits per heavy atom. The molecule has 1 fully saturated rings. The molecule has 0 atom stereocenters. The van der Waals surface area contributed by atoms with Gasteiger partial charge in [-0.2, -0.15) is 18.2 Å². The Morgan fingerprint density at radius 2 is 1.63 bits per heavy atom. The van der Waals surface area contributed by atoms with Gasteiger partial charge in [0.25, 0.3) is 0 Å². The minimum atomic E-state index is -4.52. The van der Waals surface area contributed by atoms with Gasteiger partial charge in [-0.3, -0.25) is 4.90 Å². The van der Waals surface area contributed by atoms with Crippen molar-refractivity contribution in [1.29, 1.82) is 0 Å². The highest BCUT2D eigenvalue weighted by atomic mass is 19.4. The Morgan fingerprint density at radius 1 is 0.895 bits per heavy atom. The lowest BCUT2D eigenvalue weighted by atomic mass is 9.95. The summed E-state index contributed by atoms with van der Waals surface area (Å²) in [5.41, 5.74) is -0.442. The summed E-state index contributed by atoms with van der Waals surface area (Å²) in [6.45, 7) is 9.69. The van der Waals surface area contributed by atoms with Crippen molar-refractivity contribution in [3.63, 3.8) is 0 Å². The van der Waals surface area contributed by atoms with Crippen molar-refractivity contribution in [2.24, 2.45) is 0 Å². The van der Waals surface area contributed by atoms with Crippen LogP contribution in [0.25, 0.3) is 0 Å². The Balaban J connectivity index is 1.23. The van der Waals surface area contributed by atoms with Crippen molar-refractivity contribution < 1.29 is 22.6 Å². The van der Waals surface area contributed by atoms with Crippen LogP contribution in [0.15, 0.2) is 48.7 Å². The second-order valence-electron chi connectivity index (χ2n) is 10.2. The van der Waals surface area contributed by atoms with Crippen LogP contribution in [-0.2, 0) is 18.2 Å². The lowest BCUT2D eigenvalue weighted by Crippen LogP contribution is -2.47. The number of hydrogen-bond acceptors (Lipinski definition) is 8. The monoisotopic (exact) mass is 530 g/mol. The van der Waals surface area contributed by atoms with Crippen molar-refractivity contribution in [2.45, 2.75) is 45.4 Å². The number of anilines is 1. The summed E-state index contributed by atoms with van der Waals surface area (Å²) < 4.78 is 51.8. The van der Waals surface area contributed by atoms with Crippen LogP contribution in [0.2, 0.25) is 0 Å². The predicted molar refractivity (Wildman–Crippen MR) is 137 cm³/mol. The molecular weight excluding hydrogens is 497 g/mol. The summed E-state index contributed by atoms with van der Waals surface area (Å²) in [7, 11) is 0. The Labute approximate surface area is 220 Å². The highest BCUT2D eigenvalue weighted by Gasteiger charge is 2.36. The summed E-state index contributed by atoms with van der Waals surface area (Å²) >= 11 is 0. The molecule has 2 aromatic heterocycles. The minimum Gasteiger partial charge on any atom is -0.473 e. The second-order valence-corrected chi connectivity index (χ2v) is 10.2. The first kappa shape index (κ1) is 27.6. The summed E-state index contributed by atoms with van der Waals surface area (Å²) in [4.78, 5) is 20.8. The van der Waals surface area contributed by atoms with Crippen LogP contribution in [0.3, 0.4) is 0 Å². The fraction of sp³-hybridized carbons (Fsp3) is 0.481. The maximum absolute atomic E-state index is 13.4. The summed E-state index contributed by atoms with van der Waals surface area (Å²) in [5.74, 6) is 0.966. The van der Waals surface area contributed by atoms with E-state index in [-0.39, 0.29) is 11.8 Å². The fourth-order valence-corrected chi connectivity index (χ4v) is 3.94. The van der Waals surface area contributed by atoms with Crippen molar-refractivity contribution in [3.8, 4) is 11.9 Å². The third-order valence-electron chi connectivity index (χ3n) is 6.06. The largest absolute Gasteiger partial charge is 0.473 e. The van der Waals surface area contributed by atoms with Crippen molar-refractivity contribution in [2.75, 3.05) is 44.2 Å². The molecule has 1 saturated heterocycles. The number of nitrogens with zero attached hydrogens (tertiary/aromatic N) is 6. The molecule has 3 heterocycles. The van der Waals surface area contributed by atoms with Gasteiger partial charge in [0.15, 0.2) is 0 Å². The predicted octanol–water partition coefficient (Wildman–Crippen LogP) is 4.75. The van der Waals surface area contributed by atoms with Crippen LogP contribution in [0, 0.1) is 0 Å². The highest BCUT2D eigenvalue weighted by Crippen LogP contribution is 2.32. The van der Waals surface area contributed by atoms with E-state index in [2.05, 4.69) is 24.8 Å². The first-order valence-electron chi connectivity index (χ1n) is 12.6. The molecule has 0 bridgehead atoms. The molecule has 0 saturated carbocycles. The van der Waals surface area contributed by atoms with Gasteiger partial charge in [-0.05, 0) is 12.0 Å². The van der Waals surface area contributed by atoms with Gasteiger partial charge in [-0.25, -0.2) is 15.0 Å². The smallest absolute Gasteiger partial charge is 0.433 e. The average Bonchev–Trinajstić information content (AvgIpc) is 2.90. The average molecular weight is 531 g/mol. The lowest BCUT2D eigenvalue weighted by molar-refractivity contribution is -0.141. The van der Waals surface area contributed by atoms with Crippen LogP contribution < -0.4 is 14.4 Å². The number of rotatable bonds is 9. The highest BCUT2D eigenvalue weighted by molar-refractivity contribution is 5.42. The topological polar surface area (TPSA) is 76.5 Å². The molecule has 0 aliphatic carbocycles. The Bertz CT molecular complexity index is 1150. The summed E-state index contributed by atoms with van der Waals surface area (Å²) in [6.07, 6.45) is -2.15. The van der Waals surface area contributed by atoms with Gasteiger partial charge < -0.3 is 14.4 Å². The molecule has 8 nitrogen and oxygen atoms in total. The SMILES string of the molecule is CC(C)(C)c1nc(N2CCN(CCCOc3nccc(OCc4ccccc4)n3)CC2)cc(C(F)(F)F)n1. The molecule has 1 aliphatic rings. The fourth-order valence-electron chi connectivity index (χ4n) is 3.94. The number of alkyl halides is 3. The third-order valence-corrected chi connectivity index (χ3v) is 6.06. The zero-order valence-electron chi connectivity index (χ0n) is 21.9. The maximum Gasteiger partial charge on any atom is 0.433 e. The molecule has 0 amide bonds. The van der Waals surface area contributed by atoms with Crippen molar-refractivity contribution in [3.05, 3.63) is 65.7 Å². The van der Waals surface area contributed by atoms with E-state index >= 15 is 0 Å². The molecule has 0 unspecified atom stereocenters. The number of ether oxygens (including phenoxy) is 2. The zero-order valence-corrected chi connectivity index (χ0v) is 21.9. The van der Waals surface area contributed by atoms with Gasteiger partial charge >= 0.3 is 12.2 Å². The molecule has 0 radical (unpaired) electrons.